The standard InChI is InChI=1S/C20H20N4OS/c1-22-20(23-12-15-8-6-14(11-21)7-9-15)24-13-17(25)19-10-16-4-2-3-5-18(16)26-19/h2-10,17,25H,12-13H2,1H3,(H2,22,23,24). The van der Waals surface area contributed by atoms with Crippen molar-refractivity contribution in [1.29, 1.82) is 5.26 Å². The first kappa shape index (κ1) is 17.9. The van der Waals surface area contributed by atoms with Crippen LogP contribution in [0.5, 0.6) is 0 Å². The highest BCUT2D eigenvalue weighted by Crippen LogP contribution is 2.29. The van der Waals surface area contributed by atoms with Crippen LogP contribution in [0.1, 0.15) is 22.1 Å². The van der Waals surface area contributed by atoms with Crippen LogP contribution in [-0.4, -0.2) is 24.7 Å². The molecule has 3 rings (SSSR count). The van der Waals surface area contributed by atoms with Crippen LogP contribution >= 0.6 is 11.3 Å². The highest BCUT2D eigenvalue weighted by Gasteiger charge is 2.12. The predicted molar refractivity (Wildman–Crippen MR) is 106 cm³/mol. The van der Waals surface area contributed by atoms with Gasteiger partial charge in [-0.3, -0.25) is 4.99 Å². The van der Waals surface area contributed by atoms with Crippen molar-refractivity contribution < 1.29 is 5.11 Å². The van der Waals surface area contributed by atoms with Gasteiger partial charge in [-0.15, -0.1) is 11.3 Å². The van der Waals surface area contributed by atoms with E-state index >= 15 is 0 Å². The third-order valence-electron chi connectivity index (χ3n) is 4.00. The van der Waals surface area contributed by atoms with Gasteiger partial charge in [-0.1, -0.05) is 30.3 Å². The summed E-state index contributed by atoms with van der Waals surface area (Å²) in [5.74, 6) is 0.620. The molecule has 3 aromatic rings. The number of thiophene rings is 1. The lowest BCUT2D eigenvalue weighted by atomic mass is 10.1. The highest BCUT2D eigenvalue weighted by atomic mass is 32.1. The molecule has 0 spiro atoms. The average Bonchev–Trinajstić information content (AvgIpc) is 3.12. The molecule has 0 radical (unpaired) electrons. The lowest BCUT2D eigenvalue weighted by molar-refractivity contribution is 0.184. The molecule has 0 aliphatic heterocycles. The molecule has 1 atom stereocenters. The van der Waals surface area contributed by atoms with Gasteiger partial charge in [0.05, 0.1) is 11.6 Å². The Bertz CT molecular complexity index is 907. The number of benzene rings is 2. The van der Waals surface area contributed by atoms with Gasteiger partial charge in [0.2, 0.25) is 0 Å². The van der Waals surface area contributed by atoms with Crippen molar-refractivity contribution in [2.75, 3.05) is 13.6 Å². The van der Waals surface area contributed by atoms with Gasteiger partial charge in [-0.2, -0.15) is 5.26 Å². The second-order valence-corrected chi connectivity index (χ2v) is 6.93. The zero-order valence-corrected chi connectivity index (χ0v) is 15.3. The Morgan fingerprint density at radius 3 is 2.65 bits per heavy atom. The van der Waals surface area contributed by atoms with E-state index in [0.29, 0.717) is 24.6 Å². The number of hydrogen-bond acceptors (Lipinski definition) is 4. The largest absolute Gasteiger partial charge is 0.386 e. The van der Waals surface area contributed by atoms with Gasteiger partial charge < -0.3 is 15.7 Å². The molecule has 0 fully saturated rings. The Kier molecular flexibility index (Phi) is 5.84. The molecule has 132 valence electrons. The third kappa shape index (κ3) is 4.39. The summed E-state index contributed by atoms with van der Waals surface area (Å²) < 4.78 is 1.17. The van der Waals surface area contributed by atoms with Gasteiger partial charge in [-0.05, 0) is 35.2 Å². The summed E-state index contributed by atoms with van der Waals surface area (Å²) in [4.78, 5) is 5.11. The minimum Gasteiger partial charge on any atom is -0.386 e. The highest BCUT2D eigenvalue weighted by molar-refractivity contribution is 7.19. The van der Waals surface area contributed by atoms with Crippen LogP contribution in [0.3, 0.4) is 0 Å². The molecule has 3 N–H and O–H groups in total. The fourth-order valence-corrected chi connectivity index (χ4v) is 3.61. The lowest BCUT2D eigenvalue weighted by Gasteiger charge is -2.14. The maximum absolute atomic E-state index is 10.4. The van der Waals surface area contributed by atoms with Crippen molar-refractivity contribution in [2.45, 2.75) is 12.6 Å². The number of nitrogens with one attached hydrogen (secondary N) is 2. The smallest absolute Gasteiger partial charge is 0.191 e. The van der Waals surface area contributed by atoms with Crippen LogP contribution in [0, 0.1) is 11.3 Å². The Balaban J connectivity index is 1.53. The molecule has 2 aromatic carbocycles. The van der Waals surface area contributed by atoms with Crippen LogP contribution < -0.4 is 10.6 Å². The van der Waals surface area contributed by atoms with Crippen molar-refractivity contribution in [3.63, 3.8) is 0 Å². The summed E-state index contributed by atoms with van der Waals surface area (Å²) >= 11 is 1.60. The molecule has 26 heavy (non-hydrogen) atoms. The summed E-state index contributed by atoms with van der Waals surface area (Å²) in [7, 11) is 1.69. The van der Waals surface area contributed by atoms with E-state index in [1.807, 2.05) is 36.4 Å². The van der Waals surface area contributed by atoms with E-state index in [9.17, 15) is 5.11 Å². The zero-order valence-electron chi connectivity index (χ0n) is 14.4. The molecule has 1 unspecified atom stereocenters. The molecule has 0 bridgehead atoms. The quantitative estimate of drug-likeness (QED) is 0.480. The SMILES string of the molecule is CN=C(NCc1ccc(C#N)cc1)NCC(O)c1cc2ccccc2s1. The van der Waals surface area contributed by atoms with E-state index in [-0.39, 0.29) is 0 Å². The molecule has 5 nitrogen and oxygen atoms in total. The first-order valence-corrected chi connectivity index (χ1v) is 9.11. The number of aliphatic imine (C=N–C) groups is 1. The molecule has 0 saturated heterocycles. The monoisotopic (exact) mass is 364 g/mol. The fourth-order valence-electron chi connectivity index (χ4n) is 2.56. The van der Waals surface area contributed by atoms with Crippen molar-refractivity contribution in [3.8, 4) is 6.07 Å². The van der Waals surface area contributed by atoms with Crippen LogP contribution in [-0.2, 0) is 6.54 Å². The first-order chi connectivity index (χ1) is 12.7. The van der Waals surface area contributed by atoms with Gasteiger partial charge >= 0.3 is 0 Å². The third-order valence-corrected chi connectivity index (χ3v) is 5.22. The van der Waals surface area contributed by atoms with E-state index in [1.54, 1.807) is 30.5 Å². The topological polar surface area (TPSA) is 80.4 Å². The number of hydrogen-bond donors (Lipinski definition) is 3. The maximum Gasteiger partial charge on any atom is 0.191 e. The number of aliphatic hydroxyl groups excluding tert-OH is 1. The number of nitriles is 1. The molecule has 1 heterocycles. The number of guanidine groups is 1. The number of fused-ring (bicyclic) bond motifs is 1. The minimum atomic E-state index is -0.596. The van der Waals surface area contributed by atoms with Crippen LogP contribution in [0.2, 0.25) is 0 Å². The molecule has 0 amide bonds. The van der Waals surface area contributed by atoms with Gasteiger partial charge in [0.1, 0.15) is 6.10 Å². The van der Waals surface area contributed by atoms with Crippen LogP contribution in [0.4, 0.5) is 0 Å². The van der Waals surface area contributed by atoms with Crippen molar-refractivity contribution in [3.05, 3.63) is 70.6 Å². The first-order valence-electron chi connectivity index (χ1n) is 8.29. The normalized spacial score (nSPS) is 12.6. The zero-order chi connectivity index (χ0) is 18.4. The lowest BCUT2D eigenvalue weighted by Crippen LogP contribution is -2.38. The van der Waals surface area contributed by atoms with E-state index in [4.69, 9.17) is 5.26 Å². The van der Waals surface area contributed by atoms with E-state index < -0.39 is 6.10 Å². The Hall–Kier alpha value is -2.88. The van der Waals surface area contributed by atoms with Crippen LogP contribution in [0.15, 0.2) is 59.6 Å². The van der Waals surface area contributed by atoms with E-state index in [1.165, 1.54) is 4.70 Å². The summed E-state index contributed by atoms with van der Waals surface area (Å²) in [6.07, 6.45) is -0.596. The van der Waals surface area contributed by atoms with Crippen molar-refractivity contribution >= 4 is 27.4 Å². The number of aliphatic hydroxyl groups is 1. The Labute approximate surface area is 156 Å². The average molecular weight is 364 g/mol. The van der Waals surface area contributed by atoms with Crippen LogP contribution in [0.25, 0.3) is 10.1 Å². The molecule has 0 saturated carbocycles. The van der Waals surface area contributed by atoms with Gasteiger partial charge in [-0.25, -0.2) is 0 Å². The molecule has 6 heteroatoms. The summed E-state index contributed by atoms with van der Waals surface area (Å²) in [6, 6.07) is 19.6. The summed E-state index contributed by atoms with van der Waals surface area (Å²) in [5.41, 5.74) is 1.69. The van der Waals surface area contributed by atoms with Gasteiger partial charge in [0, 0.05) is 29.7 Å². The Morgan fingerprint density at radius 1 is 1.19 bits per heavy atom. The molecule has 1 aromatic heterocycles. The number of nitrogens with zero attached hydrogens (tertiary/aromatic N) is 2. The maximum atomic E-state index is 10.4. The molecular weight excluding hydrogens is 344 g/mol. The second-order valence-electron chi connectivity index (χ2n) is 5.82. The van der Waals surface area contributed by atoms with E-state index in [0.717, 1.165) is 15.8 Å². The van der Waals surface area contributed by atoms with Gasteiger partial charge in [0.25, 0.3) is 0 Å². The second kappa shape index (κ2) is 8.48. The predicted octanol–water partition coefficient (Wildman–Crippen LogP) is 3.17. The molecule has 0 aliphatic carbocycles. The Morgan fingerprint density at radius 2 is 1.96 bits per heavy atom. The van der Waals surface area contributed by atoms with Crippen molar-refractivity contribution in [2.24, 2.45) is 4.99 Å². The van der Waals surface area contributed by atoms with E-state index in [2.05, 4.69) is 27.8 Å². The molecular formula is C20H20N4OS. The summed E-state index contributed by atoms with van der Waals surface area (Å²) in [6.45, 7) is 0.963. The fraction of sp³-hybridized carbons (Fsp3) is 0.200. The molecule has 0 aliphatic rings. The van der Waals surface area contributed by atoms with Crippen molar-refractivity contribution in [1.82, 2.24) is 10.6 Å². The summed E-state index contributed by atoms with van der Waals surface area (Å²) in [5, 5.41) is 26.8. The van der Waals surface area contributed by atoms with Gasteiger partial charge in [0.15, 0.2) is 5.96 Å². The minimum absolute atomic E-state index is 0.375. The number of rotatable bonds is 5.